The van der Waals surface area contributed by atoms with E-state index in [2.05, 4.69) is 20.8 Å². The van der Waals surface area contributed by atoms with Crippen molar-refractivity contribution in [2.75, 3.05) is 18.8 Å². The highest BCUT2D eigenvalue weighted by Gasteiger charge is 2.15. The topological polar surface area (TPSA) is 122 Å². The smallest absolute Gasteiger partial charge is 0.407 e. The zero-order valence-electron chi connectivity index (χ0n) is 11.2. The van der Waals surface area contributed by atoms with Gasteiger partial charge in [-0.3, -0.25) is 9.89 Å². The van der Waals surface area contributed by atoms with Crippen LogP contribution in [0.4, 0.5) is 10.6 Å². The number of rotatable bonds is 4. The minimum Gasteiger partial charge on any atom is -0.444 e. The van der Waals surface area contributed by atoms with Gasteiger partial charge < -0.3 is 21.1 Å². The van der Waals surface area contributed by atoms with E-state index in [0.29, 0.717) is 0 Å². The first-order valence-corrected chi connectivity index (χ1v) is 5.84. The molecule has 106 valence electrons. The molecule has 0 aliphatic heterocycles. The van der Waals surface area contributed by atoms with E-state index in [1.807, 2.05) is 0 Å². The van der Waals surface area contributed by atoms with Gasteiger partial charge in [0.2, 0.25) is 0 Å². The Morgan fingerprint density at radius 3 is 2.53 bits per heavy atom. The molecule has 8 nitrogen and oxygen atoms in total. The Morgan fingerprint density at radius 1 is 1.37 bits per heavy atom. The molecule has 1 rings (SSSR count). The molecule has 0 radical (unpaired) electrons. The summed E-state index contributed by atoms with van der Waals surface area (Å²) in [7, 11) is 0. The molecular weight excluding hydrogens is 250 g/mol. The lowest BCUT2D eigenvalue weighted by Gasteiger charge is -2.19. The van der Waals surface area contributed by atoms with E-state index in [9.17, 15) is 9.59 Å². The first kappa shape index (κ1) is 14.8. The maximum absolute atomic E-state index is 11.5. The summed E-state index contributed by atoms with van der Waals surface area (Å²) in [5.74, 6) is -0.0905. The summed E-state index contributed by atoms with van der Waals surface area (Å²) in [6.45, 7) is 5.87. The molecule has 0 unspecified atom stereocenters. The molecule has 2 amide bonds. The number of nitrogens with two attached hydrogens (primary N) is 1. The fraction of sp³-hybridized carbons (Fsp3) is 0.545. The molecule has 0 spiro atoms. The van der Waals surface area contributed by atoms with Crippen LogP contribution in [0.5, 0.6) is 0 Å². The van der Waals surface area contributed by atoms with E-state index in [4.69, 9.17) is 10.5 Å². The molecule has 0 bridgehead atoms. The number of ether oxygens (including phenoxy) is 1. The van der Waals surface area contributed by atoms with Crippen LogP contribution >= 0.6 is 0 Å². The number of nitrogen functional groups attached to an aromatic ring is 1. The fourth-order valence-electron chi connectivity index (χ4n) is 1.20. The number of aromatic nitrogens is 2. The Hall–Kier alpha value is -2.25. The zero-order valence-corrected chi connectivity index (χ0v) is 11.2. The van der Waals surface area contributed by atoms with Crippen molar-refractivity contribution in [3.05, 3.63) is 11.8 Å². The minimum absolute atomic E-state index is 0.247. The molecule has 0 saturated carbocycles. The van der Waals surface area contributed by atoms with Gasteiger partial charge in [-0.25, -0.2) is 4.79 Å². The van der Waals surface area contributed by atoms with Crippen molar-refractivity contribution in [1.29, 1.82) is 0 Å². The predicted octanol–water partition coefficient (Wildman–Crippen LogP) is 0.246. The van der Waals surface area contributed by atoms with Gasteiger partial charge in [0.05, 0.1) is 0 Å². The lowest BCUT2D eigenvalue weighted by molar-refractivity contribution is 0.0526. The van der Waals surface area contributed by atoms with Crippen LogP contribution in [0.2, 0.25) is 0 Å². The van der Waals surface area contributed by atoms with Crippen molar-refractivity contribution >= 4 is 17.8 Å². The summed E-state index contributed by atoms with van der Waals surface area (Å²) in [4.78, 5) is 22.8. The number of H-pyrrole nitrogens is 1. The molecule has 0 aromatic carbocycles. The summed E-state index contributed by atoms with van der Waals surface area (Å²) < 4.78 is 5.04. The third kappa shape index (κ3) is 5.75. The summed E-state index contributed by atoms with van der Waals surface area (Å²) in [6, 6.07) is 1.43. The van der Waals surface area contributed by atoms with Crippen molar-refractivity contribution in [3.8, 4) is 0 Å². The van der Waals surface area contributed by atoms with Crippen molar-refractivity contribution in [2.45, 2.75) is 26.4 Å². The second-order valence-electron chi connectivity index (χ2n) is 4.89. The lowest BCUT2D eigenvalue weighted by atomic mass is 10.2. The van der Waals surface area contributed by atoms with E-state index in [1.54, 1.807) is 20.8 Å². The standard InChI is InChI=1S/C11H19N5O3/c1-11(2,3)19-10(18)14-5-4-13-9(17)7-6-8(12)16-15-7/h6H,4-5H2,1-3H3,(H,13,17)(H,14,18)(H3,12,15,16). The van der Waals surface area contributed by atoms with Crippen molar-refractivity contribution < 1.29 is 14.3 Å². The van der Waals surface area contributed by atoms with Crippen LogP contribution in [0.3, 0.4) is 0 Å². The average Bonchev–Trinajstić information content (AvgIpc) is 2.68. The monoisotopic (exact) mass is 269 g/mol. The first-order chi connectivity index (χ1) is 8.78. The molecule has 0 aliphatic carbocycles. The Balaban J connectivity index is 2.21. The third-order valence-electron chi connectivity index (χ3n) is 1.92. The summed E-state index contributed by atoms with van der Waals surface area (Å²) in [6.07, 6.45) is -0.521. The maximum Gasteiger partial charge on any atom is 0.407 e. The highest BCUT2D eigenvalue weighted by molar-refractivity contribution is 5.92. The Morgan fingerprint density at radius 2 is 2.00 bits per heavy atom. The van der Waals surface area contributed by atoms with Crippen LogP contribution in [0.1, 0.15) is 31.3 Å². The molecule has 5 N–H and O–H groups in total. The van der Waals surface area contributed by atoms with Gasteiger partial charge in [0, 0.05) is 19.2 Å². The number of aromatic amines is 1. The van der Waals surface area contributed by atoms with Gasteiger partial charge in [0.1, 0.15) is 17.1 Å². The van der Waals surface area contributed by atoms with Gasteiger partial charge >= 0.3 is 6.09 Å². The van der Waals surface area contributed by atoms with Gasteiger partial charge in [-0.2, -0.15) is 5.10 Å². The Labute approximate surface area is 111 Å². The highest BCUT2D eigenvalue weighted by Crippen LogP contribution is 2.06. The zero-order chi connectivity index (χ0) is 14.5. The molecule has 0 aliphatic rings. The van der Waals surface area contributed by atoms with Crippen LogP contribution in [-0.4, -0.2) is 40.9 Å². The van der Waals surface area contributed by atoms with Gasteiger partial charge in [0.25, 0.3) is 5.91 Å². The number of hydrogen-bond acceptors (Lipinski definition) is 5. The van der Waals surface area contributed by atoms with E-state index in [1.165, 1.54) is 6.07 Å². The average molecular weight is 269 g/mol. The molecule has 0 fully saturated rings. The van der Waals surface area contributed by atoms with E-state index < -0.39 is 11.7 Å². The number of carbonyl (C=O) groups is 2. The normalized spacial score (nSPS) is 10.9. The second-order valence-corrected chi connectivity index (χ2v) is 4.89. The lowest BCUT2D eigenvalue weighted by Crippen LogP contribution is -2.37. The molecule has 19 heavy (non-hydrogen) atoms. The van der Waals surface area contributed by atoms with Crippen molar-refractivity contribution in [3.63, 3.8) is 0 Å². The quantitative estimate of drug-likeness (QED) is 0.583. The number of amides is 2. The van der Waals surface area contributed by atoms with Crippen LogP contribution in [-0.2, 0) is 4.74 Å². The van der Waals surface area contributed by atoms with Gasteiger partial charge in [-0.05, 0) is 20.8 Å². The number of hydrogen-bond donors (Lipinski definition) is 4. The number of nitrogens with zero attached hydrogens (tertiary/aromatic N) is 1. The molecule has 1 aromatic heterocycles. The molecule has 1 aromatic rings. The Bertz CT molecular complexity index is 449. The summed E-state index contributed by atoms with van der Waals surface area (Å²) >= 11 is 0. The third-order valence-corrected chi connectivity index (χ3v) is 1.92. The number of anilines is 1. The van der Waals surface area contributed by atoms with Crippen LogP contribution in [0.25, 0.3) is 0 Å². The van der Waals surface area contributed by atoms with E-state index >= 15 is 0 Å². The number of carbonyl (C=O) groups excluding carboxylic acids is 2. The van der Waals surface area contributed by atoms with Gasteiger partial charge in [0.15, 0.2) is 0 Å². The van der Waals surface area contributed by atoms with Gasteiger partial charge in [-0.15, -0.1) is 0 Å². The predicted molar refractivity (Wildman–Crippen MR) is 69.6 cm³/mol. The highest BCUT2D eigenvalue weighted by atomic mass is 16.6. The fourth-order valence-corrected chi connectivity index (χ4v) is 1.20. The van der Waals surface area contributed by atoms with Gasteiger partial charge in [-0.1, -0.05) is 0 Å². The molecule has 0 atom stereocenters. The number of alkyl carbamates (subject to hydrolysis) is 1. The van der Waals surface area contributed by atoms with Crippen molar-refractivity contribution in [2.24, 2.45) is 0 Å². The molecular formula is C11H19N5O3. The van der Waals surface area contributed by atoms with Crippen molar-refractivity contribution in [1.82, 2.24) is 20.8 Å². The van der Waals surface area contributed by atoms with Crippen LogP contribution in [0, 0.1) is 0 Å². The summed E-state index contributed by atoms with van der Waals surface area (Å²) in [5.41, 5.74) is 5.11. The van der Waals surface area contributed by atoms with E-state index in [-0.39, 0.29) is 30.5 Å². The SMILES string of the molecule is CC(C)(C)OC(=O)NCCNC(=O)c1cc(N)n[nH]1. The van der Waals surface area contributed by atoms with Crippen LogP contribution in [0.15, 0.2) is 6.07 Å². The molecule has 8 heteroatoms. The largest absolute Gasteiger partial charge is 0.444 e. The summed E-state index contributed by atoms with van der Waals surface area (Å²) in [5, 5.41) is 11.2. The van der Waals surface area contributed by atoms with E-state index in [0.717, 1.165) is 0 Å². The minimum atomic E-state index is -0.541. The number of nitrogens with one attached hydrogen (secondary N) is 3. The maximum atomic E-state index is 11.5. The molecule has 1 heterocycles. The second kappa shape index (κ2) is 6.07. The first-order valence-electron chi connectivity index (χ1n) is 5.84. The Kier molecular flexibility index (Phi) is 4.74. The van der Waals surface area contributed by atoms with Crippen LogP contribution < -0.4 is 16.4 Å². The molecule has 0 saturated heterocycles.